The van der Waals surface area contributed by atoms with Crippen LogP contribution in [0.3, 0.4) is 0 Å². The van der Waals surface area contributed by atoms with Gasteiger partial charge in [-0.25, -0.2) is 0 Å². The number of benzene rings is 5. The Kier molecular flexibility index (Phi) is 9.04. The van der Waals surface area contributed by atoms with Gasteiger partial charge < -0.3 is 20.9 Å². The highest BCUT2D eigenvalue weighted by Gasteiger charge is 2.24. The van der Waals surface area contributed by atoms with Crippen molar-refractivity contribution in [3.8, 4) is 29.1 Å². The Balaban J connectivity index is 0.00000423. The number of nitrogens with zero attached hydrogens (tertiary/aromatic N) is 1. The number of nitriles is 1. The zero-order chi connectivity index (χ0) is 29.9. The molecule has 6 heteroatoms. The van der Waals surface area contributed by atoms with Gasteiger partial charge in [-0.1, -0.05) is 82.3 Å². The molecule has 5 aromatic carbocycles. The van der Waals surface area contributed by atoms with E-state index in [-0.39, 0.29) is 23.2 Å². The van der Waals surface area contributed by atoms with Gasteiger partial charge in [-0.3, -0.25) is 0 Å². The van der Waals surface area contributed by atoms with Crippen LogP contribution in [0.4, 0.5) is 11.4 Å². The summed E-state index contributed by atoms with van der Waals surface area (Å²) in [5, 5.41) is 10.0. The predicted molar refractivity (Wildman–Crippen MR) is 177 cm³/mol. The molecule has 5 rings (SSSR count). The summed E-state index contributed by atoms with van der Waals surface area (Å²) in [6, 6.07) is 39.4. The predicted octanol–water partition coefficient (Wildman–Crippen LogP) is 9.38. The van der Waals surface area contributed by atoms with Gasteiger partial charge in [0.2, 0.25) is 0 Å². The summed E-state index contributed by atoms with van der Waals surface area (Å²) in [6.45, 7) is 8.70. The minimum absolute atomic E-state index is 0. The molecule has 0 aromatic heterocycles. The maximum Gasteiger partial charge on any atom is 0.149 e. The van der Waals surface area contributed by atoms with Gasteiger partial charge >= 0.3 is 0 Å². The fraction of sp³-hybridized carbons (Fsp3) is 0.162. The number of nitrogen functional groups attached to an aromatic ring is 2. The second kappa shape index (κ2) is 12.5. The average molecular weight is 590 g/mol. The third-order valence-corrected chi connectivity index (χ3v) is 7.97. The second-order valence-corrected chi connectivity index (χ2v) is 11.5. The fourth-order valence-electron chi connectivity index (χ4n) is 5.06. The molecule has 0 unspecified atom stereocenters. The fourth-order valence-corrected chi connectivity index (χ4v) is 5.06. The quantitative estimate of drug-likeness (QED) is 0.176. The van der Waals surface area contributed by atoms with E-state index >= 15 is 0 Å². The normalized spacial score (nSPS) is 11.2. The highest BCUT2D eigenvalue weighted by Crippen LogP contribution is 2.38. The van der Waals surface area contributed by atoms with Crippen molar-refractivity contribution in [3.05, 3.63) is 143 Å². The number of ether oxygens (including phenoxy) is 2. The Morgan fingerprint density at radius 1 is 0.512 bits per heavy atom. The Morgan fingerprint density at radius 2 is 0.814 bits per heavy atom. The van der Waals surface area contributed by atoms with Gasteiger partial charge in [0.15, 0.2) is 0 Å². The van der Waals surface area contributed by atoms with Crippen molar-refractivity contribution in [2.75, 3.05) is 11.5 Å². The van der Waals surface area contributed by atoms with Gasteiger partial charge in [0.1, 0.15) is 34.6 Å². The molecule has 0 spiro atoms. The molecule has 0 bridgehead atoms. The van der Waals surface area contributed by atoms with E-state index in [1.54, 1.807) is 12.1 Å². The maximum atomic E-state index is 10.0. The third kappa shape index (κ3) is 6.61. The standard InChI is InChI=1S/C37H35N3O2.ClH/c1-36(2,25-8-16-29(39)17-9-25)27-12-20-31(21-13-27)41-34-6-5-7-35(33(34)24-38)42-32-22-14-28(15-23-32)37(3,4)26-10-18-30(40)19-11-26;/h5-23H,39-40H2,1-4H3;1H. The van der Waals surface area contributed by atoms with Crippen molar-refractivity contribution in [1.29, 1.82) is 5.26 Å². The molecular weight excluding hydrogens is 554 g/mol. The van der Waals surface area contributed by atoms with E-state index in [0.717, 1.165) is 22.5 Å². The van der Waals surface area contributed by atoms with Gasteiger partial charge in [0.05, 0.1) is 0 Å². The lowest BCUT2D eigenvalue weighted by Crippen LogP contribution is -2.18. The molecule has 0 radical (unpaired) electrons. The molecule has 0 atom stereocenters. The summed E-state index contributed by atoms with van der Waals surface area (Å²) in [5.41, 5.74) is 17.8. The van der Waals surface area contributed by atoms with Gasteiger partial charge in [-0.15, -0.1) is 12.4 Å². The van der Waals surface area contributed by atoms with E-state index in [9.17, 15) is 5.26 Å². The first-order valence-electron chi connectivity index (χ1n) is 13.9. The van der Waals surface area contributed by atoms with Gasteiger partial charge in [-0.05, 0) is 82.9 Å². The number of halogens is 1. The summed E-state index contributed by atoms with van der Waals surface area (Å²) in [4.78, 5) is 0. The Bertz CT molecular complexity index is 1600. The van der Waals surface area contributed by atoms with E-state index in [1.807, 2.05) is 78.9 Å². The van der Waals surface area contributed by atoms with Gasteiger partial charge in [0, 0.05) is 22.2 Å². The van der Waals surface area contributed by atoms with E-state index in [4.69, 9.17) is 20.9 Å². The van der Waals surface area contributed by atoms with E-state index in [2.05, 4.69) is 58.0 Å². The lowest BCUT2D eigenvalue weighted by molar-refractivity contribution is 0.457. The molecule has 4 N–H and O–H groups in total. The van der Waals surface area contributed by atoms with Crippen molar-refractivity contribution in [2.45, 2.75) is 38.5 Å². The molecule has 218 valence electrons. The Labute approximate surface area is 260 Å². The van der Waals surface area contributed by atoms with Crippen LogP contribution in [-0.2, 0) is 10.8 Å². The van der Waals surface area contributed by atoms with Crippen LogP contribution in [0.25, 0.3) is 0 Å². The summed E-state index contributed by atoms with van der Waals surface area (Å²) in [6.07, 6.45) is 0. The topological polar surface area (TPSA) is 94.3 Å². The van der Waals surface area contributed by atoms with Crippen molar-refractivity contribution in [1.82, 2.24) is 0 Å². The van der Waals surface area contributed by atoms with Crippen LogP contribution in [0, 0.1) is 11.3 Å². The molecule has 0 aliphatic carbocycles. The third-order valence-electron chi connectivity index (χ3n) is 7.97. The molecule has 43 heavy (non-hydrogen) atoms. The first kappa shape index (κ1) is 31.0. The van der Waals surface area contributed by atoms with Crippen molar-refractivity contribution >= 4 is 23.8 Å². The molecule has 0 aliphatic heterocycles. The molecule has 0 amide bonds. The summed E-state index contributed by atoms with van der Waals surface area (Å²) in [7, 11) is 0. The van der Waals surface area contributed by atoms with Gasteiger partial charge in [-0.2, -0.15) is 5.26 Å². The lowest BCUT2D eigenvalue weighted by Gasteiger charge is -2.26. The van der Waals surface area contributed by atoms with Crippen LogP contribution >= 0.6 is 12.4 Å². The number of anilines is 2. The van der Waals surface area contributed by atoms with Crippen LogP contribution in [0.2, 0.25) is 0 Å². The van der Waals surface area contributed by atoms with Crippen LogP contribution in [-0.4, -0.2) is 0 Å². The second-order valence-electron chi connectivity index (χ2n) is 11.5. The van der Waals surface area contributed by atoms with Crippen LogP contribution in [0.15, 0.2) is 115 Å². The molecular formula is C37H36ClN3O2. The molecule has 0 fully saturated rings. The highest BCUT2D eigenvalue weighted by atomic mass is 35.5. The molecule has 0 saturated heterocycles. The maximum absolute atomic E-state index is 10.0. The monoisotopic (exact) mass is 589 g/mol. The number of rotatable bonds is 8. The van der Waals surface area contributed by atoms with Gasteiger partial charge in [0.25, 0.3) is 0 Å². The van der Waals surface area contributed by atoms with Crippen molar-refractivity contribution in [2.24, 2.45) is 0 Å². The molecule has 0 saturated carbocycles. The summed E-state index contributed by atoms with van der Waals surface area (Å²) in [5.74, 6) is 2.13. The largest absolute Gasteiger partial charge is 0.456 e. The molecule has 0 aliphatic rings. The summed E-state index contributed by atoms with van der Waals surface area (Å²) < 4.78 is 12.3. The van der Waals surface area contributed by atoms with Crippen LogP contribution < -0.4 is 20.9 Å². The average Bonchev–Trinajstić information content (AvgIpc) is 2.98. The molecule has 5 aromatic rings. The zero-order valence-electron chi connectivity index (χ0n) is 24.8. The summed E-state index contributed by atoms with van der Waals surface area (Å²) >= 11 is 0. The first-order chi connectivity index (χ1) is 20.1. The number of hydrogen-bond donors (Lipinski definition) is 2. The smallest absolute Gasteiger partial charge is 0.149 e. The lowest BCUT2D eigenvalue weighted by atomic mass is 9.78. The van der Waals surface area contributed by atoms with Crippen molar-refractivity contribution < 1.29 is 9.47 Å². The zero-order valence-corrected chi connectivity index (χ0v) is 25.6. The first-order valence-corrected chi connectivity index (χ1v) is 13.9. The van der Waals surface area contributed by atoms with E-state index in [1.165, 1.54) is 11.1 Å². The molecule has 5 nitrogen and oxygen atoms in total. The SMILES string of the molecule is CC(C)(c1ccc(N)cc1)c1ccc(Oc2cccc(Oc3ccc(C(C)(C)c4ccc(N)cc4)cc3)c2C#N)cc1.Cl. The number of hydrogen-bond acceptors (Lipinski definition) is 5. The van der Waals surface area contributed by atoms with Crippen LogP contribution in [0.5, 0.6) is 23.0 Å². The minimum Gasteiger partial charge on any atom is -0.456 e. The Hall–Kier alpha value is -4.92. The van der Waals surface area contributed by atoms with E-state index in [0.29, 0.717) is 28.6 Å². The van der Waals surface area contributed by atoms with E-state index < -0.39 is 0 Å². The highest BCUT2D eigenvalue weighted by molar-refractivity contribution is 5.85. The van der Waals surface area contributed by atoms with Crippen LogP contribution in [0.1, 0.15) is 55.5 Å². The van der Waals surface area contributed by atoms with Crippen molar-refractivity contribution in [3.63, 3.8) is 0 Å². The number of nitrogens with two attached hydrogens (primary N) is 2. The Morgan fingerprint density at radius 3 is 1.12 bits per heavy atom. The minimum atomic E-state index is -0.211. The molecule has 0 heterocycles.